The monoisotopic (exact) mass is 433 g/mol. The summed E-state index contributed by atoms with van der Waals surface area (Å²) in [6.07, 6.45) is 0. The first-order valence-corrected chi connectivity index (χ1v) is 7.17. The molecule has 0 aliphatic heterocycles. The maximum Gasteiger partial charge on any atom is 0.0499 e. The number of benzene rings is 2. The molecule has 1 aromatic heterocycles. The molecule has 0 atom stereocenters. The van der Waals surface area contributed by atoms with E-state index in [9.17, 15) is 0 Å². The van der Waals surface area contributed by atoms with Gasteiger partial charge >= 0.3 is 0 Å². The lowest BCUT2D eigenvalue weighted by Crippen LogP contribution is -1.86. The molecule has 3 aromatic rings. The van der Waals surface area contributed by atoms with Crippen LogP contribution in [0.3, 0.4) is 0 Å². The Morgan fingerprint density at radius 1 is 0.812 bits per heavy atom. The zero-order chi connectivity index (χ0) is 11.3. The number of aromatic nitrogens is 1. The summed E-state index contributed by atoms with van der Waals surface area (Å²) in [7, 11) is 2.14. The maximum atomic E-state index is 2.42. The topological polar surface area (TPSA) is 4.93 Å². The molecule has 0 aliphatic rings. The van der Waals surface area contributed by atoms with E-state index in [-0.39, 0.29) is 0 Å². The van der Waals surface area contributed by atoms with E-state index in [0.717, 1.165) is 0 Å². The number of hydrogen-bond donors (Lipinski definition) is 0. The Morgan fingerprint density at radius 3 is 1.69 bits per heavy atom. The van der Waals surface area contributed by atoms with E-state index in [4.69, 9.17) is 0 Å². The molecule has 0 amide bonds. The van der Waals surface area contributed by atoms with Crippen molar-refractivity contribution in [3.05, 3.63) is 43.5 Å². The van der Waals surface area contributed by atoms with Gasteiger partial charge in [-0.2, -0.15) is 0 Å². The minimum atomic E-state index is 1.31. The molecule has 0 radical (unpaired) electrons. The van der Waals surface area contributed by atoms with Gasteiger partial charge in [0.25, 0.3) is 0 Å². The predicted octanol–water partition coefficient (Wildman–Crippen LogP) is 4.54. The fourth-order valence-electron chi connectivity index (χ4n) is 2.21. The Kier molecular flexibility index (Phi) is 2.62. The number of fused-ring (bicyclic) bond motifs is 3. The summed E-state index contributed by atoms with van der Waals surface area (Å²) in [5.41, 5.74) is 2.62. The van der Waals surface area contributed by atoms with Crippen molar-refractivity contribution in [1.29, 1.82) is 0 Å². The Balaban J connectivity index is 2.73. The summed E-state index contributed by atoms with van der Waals surface area (Å²) < 4.78 is 4.92. The highest BCUT2D eigenvalue weighted by atomic mass is 127. The van der Waals surface area contributed by atoms with Crippen molar-refractivity contribution in [2.75, 3.05) is 0 Å². The number of nitrogens with zero attached hydrogens (tertiary/aromatic N) is 1. The zero-order valence-corrected chi connectivity index (χ0v) is 13.0. The normalized spacial score (nSPS) is 11.4. The second-order valence-corrected chi connectivity index (χ2v) is 6.15. The lowest BCUT2D eigenvalue weighted by molar-refractivity contribution is 1.01. The van der Waals surface area contributed by atoms with Gasteiger partial charge in [0, 0.05) is 36.0 Å². The highest BCUT2D eigenvalue weighted by Crippen LogP contribution is 2.34. The fraction of sp³-hybridized carbons (Fsp3) is 0.0769. The van der Waals surface area contributed by atoms with E-state index in [0.29, 0.717) is 0 Å². The third kappa shape index (κ3) is 1.40. The largest absolute Gasteiger partial charge is 0.344 e. The molecule has 0 bridgehead atoms. The summed E-state index contributed by atoms with van der Waals surface area (Å²) in [6.45, 7) is 0. The van der Waals surface area contributed by atoms with Crippen LogP contribution in [0.5, 0.6) is 0 Å². The molecule has 0 aliphatic carbocycles. The molecule has 3 heteroatoms. The van der Waals surface area contributed by atoms with E-state index in [1.165, 1.54) is 28.9 Å². The number of halogens is 2. The molecule has 0 fully saturated rings. The molecule has 2 aromatic carbocycles. The Labute approximate surface area is 121 Å². The van der Waals surface area contributed by atoms with Gasteiger partial charge in [0.2, 0.25) is 0 Å². The molecular weight excluding hydrogens is 424 g/mol. The van der Waals surface area contributed by atoms with Crippen LogP contribution in [0, 0.1) is 7.14 Å². The van der Waals surface area contributed by atoms with Gasteiger partial charge in [-0.15, -0.1) is 0 Å². The van der Waals surface area contributed by atoms with Gasteiger partial charge < -0.3 is 4.57 Å². The van der Waals surface area contributed by atoms with Gasteiger partial charge in [-0.3, -0.25) is 0 Å². The Hall–Kier alpha value is -0.300. The average Bonchev–Trinajstić information content (AvgIpc) is 2.56. The third-order valence-electron chi connectivity index (χ3n) is 2.96. The molecule has 16 heavy (non-hydrogen) atoms. The van der Waals surface area contributed by atoms with E-state index >= 15 is 0 Å². The van der Waals surface area contributed by atoms with Crippen molar-refractivity contribution in [3.63, 3.8) is 0 Å². The van der Waals surface area contributed by atoms with Gasteiger partial charge in [0.05, 0.1) is 0 Å². The zero-order valence-electron chi connectivity index (χ0n) is 8.67. The van der Waals surface area contributed by atoms with Crippen LogP contribution >= 0.6 is 45.2 Å². The van der Waals surface area contributed by atoms with Crippen LogP contribution in [-0.4, -0.2) is 4.57 Å². The minimum Gasteiger partial charge on any atom is -0.344 e. The van der Waals surface area contributed by atoms with Crippen molar-refractivity contribution in [1.82, 2.24) is 4.57 Å². The van der Waals surface area contributed by atoms with Gasteiger partial charge in [-0.25, -0.2) is 0 Å². The summed E-state index contributed by atoms with van der Waals surface area (Å²) in [4.78, 5) is 0. The summed E-state index contributed by atoms with van der Waals surface area (Å²) in [5, 5.41) is 2.76. The van der Waals surface area contributed by atoms with Crippen molar-refractivity contribution in [3.8, 4) is 0 Å². The molecule has 0 saturated heterocycles. The Morgan fingerprint density at radius 2 is 1.25 bits per heavy atom. The second-order valence-electron chi connectivity index (χ2n) is 3.83. The van der Waals surface area contributed by atoms with Gasteiger partial charge in [0.1, 0.15) is 0 Å². The van der Waals surface area contributed by atoms with Crippen molar-refractivity contribution < 1.29 is 0 Å². The standard InChI is InChI=1S/C13H9I2N/c1-16-10-6-2-4-8(14)12(10)13-9(15)5-3-7-11(13)16/h2-7H,1H3. The van der Waals surface area contributed by atoms with Crippen molar-refractivity contribution in [2.45, 2.75) is 0 Å². The lowest BCUT2D eigenvalue weighted by atomic mass is 10.2. The quantitative estimate of drug-likeness (QED) is 0.459. The molecule has 3 rings (SSSR count). The van der Waals surface area contributed by atoms with Gasteiger partial charge in [-0.05, 0) is 69.4 Å². The van der Waals surface area contributed by atoms with Gasteiger partial charge in [-0.1, -0.05) is 12.1 Å². The molecule has 1 nitrogen and oxygen atoms in total. The van der Waals surface area contributed by atoms with Crippen LogP contribution in [0.15, 0.2) is 36.4 Å². The fourth-order valence-corrected chi connectivity index (χ4v) is 3.72. The molecule has 0 saturated carbocycles. The number of aryl methyl sites for hydroxylation is 1. The van der Waals surface area contributed by atoms with Crippen molar-refractivity contribution in [2.24, 2.45) is 7.05 Å². The predicted molar refractivity (Wildman–Crippen MR) is 85.9 cm³/mol. The van der Waals surface area contributed by atoms with Crippen LogP contribution in [0.4, 0.5) is 0 Å². The average molecular weight is 433 g/mol. The summed E-state index contributed by atoms with van der Waals surface area (Å²) in [5.74, 6) is 0. The molecule has 0 N–H and O–H groups in total. The second kappa shape index (κ2) is 3.87. The molecule has 0 unspecified atom stereocenters. The number of hydrogen-bond acceptors (Lipinski definition) is 0. The summed E-state index contributed by atoms with van der Waals surface area (Å²) in [6, 6.07) is 13.0. The molecule has 80 valence electrons. The van der Waals surface area contributed by atoms with Crippen LogP contribution in [0.25, 0.3) is 21.8 Å². The van der Waals surface area contributed by atoms with Gasteiger partial charge in [0.15, 0.2) is 0 Å². The van der Waals surface area contributed by atoms with Crippen LogP contribution in [0.2, 0.25) is 0 Å². The van der Waals surface area contributed by atoms with E-state index < -0.39 is 0 Å². The smallest absolute Gasteiger partial charge is 0.0499 e. The van der Waals surface area contributed by atoms with Crippen molar-refractivity contribution >= 4 is 67.0 Å². The SMILES string of the molecule is Cn1c2cccc(I)c2c2c(I)cccc21. The maximum absolute atomic E-state index is 2.42. The van der Waals surface area contributed by atoms with Crippen LogP contribution < -0.4 is 0 Å². The molecular formula is C13H9I2N. The first-order chi connectivity index (χ1) is 7.70. The van der Waals surface area contributed by atoms with E-state index in [1.807, 2.05) is 0 Å². The molecule has 1 heterocycles. The highest BCUT2D eigenvalue weighted by molar-refractivity contribution is 14.1. The third-order valence-corrected chi connectivity index (χ3v) is 4.75. The lowest BCUT2D eigenvalue weighted by Gasteiger charge is -1.97. The van der Waals surface area contributed by atoms with E-state index in [1.54, 1.807) is 0 Å². The first kappa shape index (κ1) is 10.8. The minimum absolute atomic E-state index is 1.31. The van der Waals surface area contributed by atoms with E-state index in [2.05, 4.69) is 93.2 Å². The Bertz CT molecular complexity index is 639. The first-order valence-electron chi connectivity index (χ1n) is 5.01. The number of rotatable bonds is 0. The summed E-state index contributed by atoms with van der Waals surface area (Å²) >= 11 is 4.84. The molecule has 0 spiro atoms. The highest BCUT2D eigenvalue weighted by Gasteiger charge is 2.12. The van der Waals surface area contributed by atoms with Crippen LogP contribution in [-0.2, 0) is 7.05 Å². The van der Waals surface area contributed by atoms with Crippen LogP contribution in [0.1, 0.15) is 0 Å².